The largest absolute Gasteiger partial charge is 0.484 e. The number of carbonyl (C=O) groups excluding carboxylic acids is 2. The van der Waals surface area contributed by atoms with Crippen LogP contribution in [0.25, 0.3) is 10.8 Å². The van der Waals surface area contributed by atoms with Gasteiger partial charge in [0, 0.05) is 17.3 Å². The molecule has 0 bridgehead atoms. The molecule has 1 aliphatic heterocycles. The number of rotatable bonds is 7. The molecule has 0 radical (unpaired) electrons. The zero-order chi connectivity index (χ0) is 30.8. The first-order valence-electron chi connectivity index (χ1n) is 15.4. The number of amides is 2. The van der Waals surface area contributed by atoms with E-state index in [4.69, 9.17) is 4.74 Å². The van der Waals surface area contributed by atoms with Crippen LogP contribution in [0.15, 0.2) is 109 Å². The Bertz CT molecular complexity index is 1830. The van der Waals surface area contributed by atoms with Gasteiger partial charge in [-0.3, -0.25) is 9.59 Å². The lowest BCUT2D eigenvalue weighted by Gasteiger charge is -2.44. The molecule has 0 spiro atoms. The average Bonchev–Trinajstić information content (AvgIpc) is 3.05. The van der Waals surface area contributed by atoms with Crippen LogP contribution < -0.4 is 14.5 Å². The first-order chi connectivity index (χ1) is 21.4. The molecule has 1 heterocycles. The molecule has 0 saturated heterocycles. The highest BCUT2D eigenvalue weighted by Crippen LogP contribution is 2.45. The van der Waals surface area contributed by atoms with E-state index in [0.29, 0.717) is 17.7 Å². The van der Waals surface area contributed by atoms with E-state index in [1.165, 1.54) is 5.56 Å². The molecule has 5 aromatic rings. The van der Waals surface area contributed by atoms with Crippen LogP contribution in [0.5, 0.6) is 5.75 Å². The summed E-state index contributed by atoms with van der Waals surface area (Å²) in [4.78, 5) is 32.1. The Balaban J connectivity index is 1.37. The lowest BCUT2D eigenvalue weighted by molar-refractivity contribution is -0.121. The molecule has 44 heavy (non-hydrogen) atoms. The summed E-state index contributed by atoms with van der Waals surface area (Å²) in [6.45, 7) is 8.14. The van der Waals surface area contributed by atoms with Crippen molar-refractivity contribution in [3.8, 4) is 5.75 Å². The second kappa shape index (κ2) is 12.4. The zero-order valence-corrected chi connectivity index (χ0v) is 25.8. The molecule has 5 aromatic carbocycles. The summed E-state index contributed by atoms with van der Waals surface area (Å²) < 4.78 is 6.13. The Morgan fingerprint density at radius 3 is 2.27 bits per heavy atom. The van der Waals surface area contributed by atoms with Crippen molar-refractivity contribution in [1.29, 1.82) is 0 Å². The highest BCUT2D eigenvalue weighted by molar-refractivity contribution is 6.08. The van der Waals surface area contributed by atoms with Crippen LogP contribution in [-0.2, 0) is 11.2 Å². The number of nitrogens with zero attached hydrogens (tertiary/aromatic N) is 2. The molecule has 0 fully saturated rings. The number of anilines is 2. The molecular formula is C39H38N2O3. The summed E-state index contributed by atoms with van der Waals surface area (Å²) in [5.74, 6) is 0.496. The van der Waals surface area contributed by atoms with E-state index in [1.54, 1.807) is 0 Å². The van der Waals surface area contributed by atoms with E-state index in [9.17, 15) is 9.59 Å². The highest BCUT2D eigenvalue weighted by atomic mass is 16.5. The monoisotopic (exact) mass is 582 g/mol. The molecular weight excluding hydrogens is 544 g/mol. The van der Waals surface area contributed by atoms with Crippen LogP contribution >= 0.6 is 0 Å². The lowest BCUT2D eigenvalue weighted by atomic mass is 9.87. The van der Waals surface area contributed by atoms with Crippen LogP contribution in [0.1, 0.15) is 58.9 Å². The second-order valence-electron chi connectivity index (χ2n) is 11.7. The third-order valence-electron chi connectivity index (χ3n) is 8.74. The van der Waals surface area contributed by atoms with E-state index >= 15 is 0 Å². The minimum atomic E-state index is -0.278. The van der Waals surface area contributed by atoms with Gasteiger partial charge in [-0.25, -0.2) is 0 Å². The van der Waals surface area contributed by atoms with Gasteiger partial charge in [0.25, 0.3) is 11.8 Å². The van der Waals surface area contributed by atoms with Gasteiger partial charge in [-0.05, 0) is 97.0 Å². The minimum absolute atomic E-state index is 0.0254. The SMILES string of the molecule is CCc1ccc(C(=O)N2c3c(C)cccc3[C@@H](N(C(=O)COc3ccc4ccccc4c3)c3ccccc3C)C[C@@H]2C)cc1. The van der Waals surface area contributed by atoms with Gasteiger partial charge in [0.1, 0.15) is 5.75 Å². The number of hydrogen-bond donors (Lipinski definition) is 0. The van der Waals surface area contributed by atoms with Crippen molar-refractivity contribution < 1.29 is 14.3 Å². The van der Waals surface area contributed by atoms with E-state index in [0.717, 1.165) is 45.3 Å². The smallest absolute Gasteiger partial charge is 0.265 e. The summed E-state index contributed by atoms with van der Waals surface area (Å²) in [6, 6.07) is 35.5. The summed E-state index contributed by atoms with van der Waals surface area (Å²) in [7, 11) is 0. The van der Waals surface area contributed by atoms with Crippen molar-refractivity contribution in [3.63, 3.8) is 0 Å². The first kappa shape index (κ1) is 29.2. The van der Waals surface area contributed by atoms with E-state index < -0.39 is 0 Å². The second-order valence-corrected chi connectivity index (χ2v) is 11.7. The predicted octanol–water partition coefficient (Wildman–Crippen LogP) is 8.61. The molecule has 0 unspecified atom stereocenters. The number of fused-ring (bicyclic) bond motifs is 2. The third kappa shape index (κ3) is 5.58. The van der Waals surface area contributed by atoms with E-state index in [2.05, 4.69) is 26.0 Å². The summed E-state index contributed by atoms with van der Waals surface area (Å²) in [5.41, 5.74) is 6.55. The fraction of sp³-hybridized carbons (Fsp3) is 0.231. The van der Waals surface area contributed by atoms with E-state index in [-0.39, 0.29) is 30.5 Å². The number of carbonyl (C=O) groups is 2. The fourth-order valence-corrected chi connectivity index (χ4v) is 6.41. The molecule has 0 aromatic heterocycles. The fourth-order valence-electron chi connectivity index (χ4n) is 6.41. The van der Waals surface area contributed by atoms with Crippen molar-refractivity contribution in [2.75, 3.05) is 16.4 Å². The summed E-state index contributed by atoms with van der Waals surface area (Å²) in [6.07, 6.45) is 1.51. The van der Waals surface area contributed by atoms with Crippen molar-refractivity contribution in [2.45, 2.75) is 52.6 Å². The molecule has 0 N–H and O–H groups in total. The molecule has 2 atom stereocenters. The van der Waals surface area contributed by atoms with Gasteiger partial charge in [-0.1, -0.05) is 85.8 Å². The molecule has 5 heteroatoms. The number of ether oxygens (including phenoxy) is 1. The first-order valence-corrected chi connectivity index (χ1v) is 15.4. The van der Waals surface area contributed by atoms with Gasteiger partial charge in [0.2, 0.25) is 0 Å². The van der Waals surface area contributed by atoms with E-state index in [1.807, 2.05) is 121 Å². The number of benzene rings is 5. The van der Waals surface area contributed by atoms with Crippen LogP contribution in [0.2, 0.25) is 0 Å². The Kier molecular flexibility index (Phi) is 8.21. The van der Waals surface area contributed by atoms with Crippen molar-refractivity contribution >= 4 is 34.0 Å². The van der Waals surface area contributed by atoms with Crippen molar-refractivity contribution in [2.24, 2.45) is 0 Å². The lowest BCUT2D eigenvalue weighted by Crippen LogP contribution is -2.49. The predicted molar refractivity (Wildman–Crippen MR) is 179 cm³/mol. The maximum absolute atomic E-state index is 14.3. The quantitative estimate of drug-likeness (QED) is 0.193. The number of hydrogen-bond acceptors (Lipinski definition) is 3. The summed E-state index contributed by atoms with van der Waals surface area (Å²) >= 11 is 0. The minimum Gasteiger partial charge on any atom is -0.484 e. The van der Waals surface area contributed by atoms with Crippen LogP contribution in [0.4, 0.5) is 11.4 Å². The Morgan fingerprint density at radius 2 is 1.52 bits per heavy atom. The number of aryl methyl sites for hydroxylation is 3. The molecule has 1 aliphatic rings. The van der Waals surface area contributed by atoms with Gasteiger partial charge in [0.05, 0.1) is 11.7 Å². The van der Waals surface area contributed by atoms with Crippen LogP contribution in [0.3, 0.4) is 0 Å². The van der Waals surface area contributed by atoms with Crippen molar-refractivity contribution in [1.82, 2.24) is 0 Å². The molecule has 2 amide bonds. The number of para-hydroxylation sites is 2. The van der Waals surface area contributed by atoms with Crippen LogP contribution in [0, 0.1) is 13.8 Å². The molecule has 0 aliphatic carbocycles. The highest BCUT2D eigenvalue weighted by Gasteiger charge is 2.40. The van der Waals surface area contributed by atoms with Gasteiger partial charge < -0.3 is 14.5 Å². The van der Waals surface area contributed by atoms with Gasteiger partial charge >= 0.3 is 0 Å². The molecule has 0 saturated carbocycles. The standard InChI is InChI=1S/C39H38N2O3/c1-5-29-17-19-31(20-18-29)39(43)40-28(4)23-36(34-15-10-12-27(3)38(34)40)41(35-16-9-6-11-26(35)2)37(42)25-44-33-22-21-30-13-7-8-14-32(30)24-33/h6-22,24,28,36H,5,23,25H2,1-4H3/t28-,36-/m0/s1. The molecule has 6 rings (SSSR count). The Morgan fingerprint density at radius 1 is 0.818 bits per heavy atom. The molecule has 222 valence electrons. The van der Waals surface area contributed by atoms with Gasteiger partial charge in [-0.15, -0.1) is 0 Å². The maximum Gasteiger partial charge on any atom is 0.265 e. The van der Waals surface area contributed by atoms with Gasteiger partial charge in [0.15, 0.2) is 6.61 Å². The molecule has 5 nitrogen and oxygen atoms in total. The Hall–Kier alpha value is -4.90. The normalized spacial score (nSPS) is 16.0. The summed E-state index contributed by atoms with van der Waals surface area (Å²) in [5, 5.41) is 2.18. The average molecular weight is 583 g/mol. The van der Waals surface area contributed by atoms with Gasteiger partial charge in [-0.2, -0.15) is 0 Å². The Labute approximate surface area is 259 Å². The van der Waals surface area contributed by atoms with Crippen molar-refractivity contribution in [3.05, 3.63) is 137 Å². The van der Waals surface area contributed by atoms with Crippen LogP contribution in [-0.4, -0.2) is 24.5 Å². The topological polar surface area (TPSA) is 49.9 Å². The third-order valence-corrected chi connectivity index (χ3v) is 8.74. The zero-order valence-electron chi connectivity index (χ0n) is 25.8. The maximum atomic E-state index is 14.3.